The topological polar surface area (TPSA) is 0 Å². The molecule has 0 bridgehead atoms. The van der Waals surface area contributed by atoms with Gasteiger partial charge in [0.05, 0.1) is 0 Å². The molecule has 148 valence electrons. The Bertz CT molecular complexity index is 762. The van der Waals surface area contributed by atoms with Gasteiger partial charge in [0.1, 0.15) is 0 Å². The summed E-state index contributed by atoms with van der Waals surface area (Å²) in [5, 5.41) is 0. The zero-order valence-corrected chi connectivity index (χ0v) is 18.0. The lowest BCUT2D eigenvalue weighted by Crippen LogP contribution is -2.21. The predicted molar refractivity (Wildman–Crippen MR) is 121 cm³/mol. The molecule has 1 unspecified atom stereocenters. The molecule has 2 aromatic rings. The van der Waals surface area contributed by atoms with Gasteiger partial charge < -0.3 is 0 Å². The van der Waals surface area contributed by atoms with Gasteiger partial charge in [-0.2, -0.15) is 0 Å². The van der Waals surface area contributed by atoms with Crippen molar-refractivity contribution in [2.24, 2.45) is 17.8 Å². The van der Waals surface area contributed by atoms with Crippen molar-refractivity contribution in [3.8, 4) is 11.8 Å². The van der Waals surface area contributed by atoms with E-state index in [1.54, 1.807) is 0 Å². The van der Waals surface area contributed by atoms with E-state index in [0.717, 1.165) is 35.3 Å². The third kappa shape index (κ3) is 6.00. The first kappa shape index (κ1) is 20.7. The highest BCUT2D eigenvalue weighted by Crippen LogP contribution is 2.35. The second kappa shape index (κ2) is 10.5. The van der Waals surface area contributed by atoms with E-state index in [9.17, 15) is 0 Å². The summed E-state index contributed by atoms with van der Waals surface area (Å²) in [6.45, 7) is 7.02. The Morgan fingerprint density at radius 1 is 0.786 bits per heavy atom. The summed E-state index contributed by atoms with van der Waals surface area (Å²) in [5.41, 5.74) is 5.06. The van der Waals surface area contributed by atoms with Crippen molar-refractivity contribution >= 4 is 0 Å². The lowest BCUT2D eigenvalue weighted by atomic mass is 9.74. The fourth-order valence-electron chi connectivity index (χ4n) is 4.62. The molecular weight excluding hydrogens is 336 g/mol. The summed E-state index contributed by atoms with van der Waals surface area (Å²) in [4.78, 5) is 0. The molecule has 2 aromatic carbocycles. The molecule has 1 fully saturated rings. The fourth-order valence-corrected chi connectivity index (χ4v) is 4.62. The molecule has 28 heavy (non-hydrogen) atoms. The first-order valence-corrected chi connectivity index (χ1v) is 11.4. The van der Waals surface area contributed by atoms with Gasteiger partial charge in [0.2, 0.25) is 0 Å². The van der Waals surface area contributed by atoms with Gasteiger partial charge in [-0.3, -0.25) is 0 Å². The smallest absolute Gasteiger partial charge is 0.0249 e. The van der Waals surface area contributed by atoms with Gasteiger partial charge in [0.15, 0.2) is 0 Å². The minimum atomic E-state index is 0.788. The second-order valence-corrected chi connectivity index (χ2v) is 8.76. The molecule has 0 heterocycles. The van der Waals surface area contributed by atoms with Crippen LogP contribution in [0.5, 0.6) is 0 Å². The largest absolute Gasteiger partial charge is 0.0651 e. The Kier molecular flexibility index (Phi) is 7.79. The molecule has 1 saturated carbocycles. The molecule has 0 saturated heterocycles. The van der Waals surface area contributed by atoms with Crippen molar-refractivity contribution < 1.29 is 0 Å². The monoisotopic (exact) mass is 372 g/mol. The van der Waals surface area contributed by atoms with E-state index >= 15 is 0 Å². The lowest BCUT2D eigenvalue weighted by Gasteiger charge is -2.32. The molecule has 0 aliphatic heterocycles. The number of aryl methyl sites for hydroxylation is 1. The van der Waals surface area contributed by atoms with E-state index in [1.807, 2.05) is 0 Å². The van der Waals surface area contributed by atoms with Gasteiger partial charge in [-0.15, -0.1) is 0 Å². The quantitative estimate of drug-likeness (QED) is 0.462. The van der Waals surface area contributed by atoms with Crippen LogP contribution < -0.4 is 0 Å². The molecule has 0 nitrogen and oxygen atoms in total. The summed E-state index contributed by atoms with van der Waals surface area (Å²) in [5.74, 6) is 9.31. The van der Waals surface area contributed by atoms with Crippen LogP contribution in [0.3, 0.4) is 0 Å². The Hall–Kier alpha value is -2.00. The van der Waals surface area contributed by atoms with E-state index in [4.69, 9.17) is 0 Å². The Balaban J connectivity index is 1.54. The van der Waals surface area contributed by atoms with Crippen molar-refractivity contribution in [3.05, 3.63) is 70.8 Å². The molecule has 1 aliphatic carbocycles. The highest BCUT2D eigenvalue weighted by molar-refractivity contribution is 5.44. The molecule has 0 spiro atoms. The predicted octanol–water partition coefficient (Wildman–Crippen LogP) is 7.43. The molecule has 1 aliphatic rings. The van der Waals surface area contributed by atoms with E-state index < -0.39 is 0 Å². The summed E-state index contributed by atoms with van der Waals surface area (Å²) >= 11 is 0. The molecule has 0 aromatic heterocycles. The van der Waals surface area contributed by atoms with Crippen LogP contribution in [0.4, 0.5) is 0 Å². The van der Waals surface area contributed by atoms with Crippen molar-refractivity contribution in [3.63, 3.8) is 0 Å². The molecule has 0 amide bonds. The Labute approximate surface area is 172 Å². The van der Waals surface area contributed by atoms with Crippen LogP contribution in [0.2, 0.25) is 0 Å². The third-order valence-corrected chi connectivity index (χ3v) is 6.63. The van der Waals surface area contributed by atoms with E-state index in [0.29, 0.717) is 0 Å². The summed E-state index contributed by atoms with van der Waals surface area (Å²) < 4.78 is 0. The van der Waals surface area contributed by atoms with Crippen LogP contribution in [0.1, 0.15) is 81.5 Å². The van der Waals surface area contributed by atoms with Gasteiger partial charge in [0.25, 0.3) is 0 Å². The van der Waals surface area contributed by atoms with Crippen molar-refractivity contribution in [1.29, 1.82) is 0 Å². The van der Waals surface area contributed by atoms with E-state index in [2.05, 4.69) is 81.1 Å². The van der Waals surface area contributed by atoms with Crippen molar-refractivity contribution in [1.82, 2.24) is 0 Å². The maximum atomic E-state index is 3.32. The maximum absolute atomic E-state index is 3.32. The van der Waals surface area contributed by atoms with Crippen LogP contribution in [-0.2, 0) is 12.8 Å². The minimum Gasteiger partial charge on any atom is -0.0651 e. The Morgan fingerprint density at radius 2 is 1.32 bits per heavy atom. The molecule has 1 atom stereocenters. The van der Waals surface area contributed by atoms with Gasteiger partial charge in [-0.25, -0.2) is 0 Å². The van der Waals surface area contributed by atoms with Crippen LogP contribution in [0.25, 0.3) is 0 Å². The third-order valence-electron chi connectivity index (χ3n) is 6.63. The minimum absolute atomic E-state index is 0.788. The molecule has 0 heteroatoms. The summed E-state index contributed by atoms with van der Waals surface area (Å²) in [7, 11) is 0. The number of hydrogen-bond donors (Lipinski definition) is 0. The summed E-state index contributed by atoms with van der Waals surface area (Å²) in [6, 6.07) is 17.6. The van der Waals surface area contributed by atoms with E-state index in [1.165, 1.54) is 56.1 Å². The van der Waals surface area contributed by atoms with Gasteiger partial charge >= 0.3 is 0 Å². The molecular formula is C28H36. The zero-order valence-electron chi connectivity index (χ0n) is 18.0. The van der Waals surface area contributed by atoms with Crippen molar-refractivity contribution in [2.75, 3.05) is 0 Å². The average Bonchev–Trinajstić information content (AvgIpc) is 2.74. The lowest BCUT2D eigenvalue weighted by molar-refractivity contribution is 0.210. The molecule has 0 N–H and O–H groups in total. The average molecular weight is 373 g/mol. The fraction of sp³-hybridized carbons (Fsp3) is 0.500. The Morgan fingerprint density at radius 3 is 1.82 bits per heavy atom. The number of hydrogen-bond acceptors (Lipinski definition) is 0. The van der Waals surface area contributed by atoms with Crippen LogP contribution in [0.15, 0.2) is 48.5 Å². The van der Waals surface area contributed by atoms with Gasteiger partial charge in [-0.05, 0) is 78.8 Å². The van der Waals surface area contributed by atoms with Crippen LogP contribution >= 0.6 is 0 Å². The second-order valence-electron chi connectivity index (χ2n) is 8.76. The highest BCUT2D eigenvalue weighted by Gasteiger charge is 2.24. The first-order chi connectivity index (χ1) is 13.7. The van der Waals surface area contributed by atoms with E-state index in [-0.39, 0.29) is 0 Å². The molecule has 3 rings (SSSR count). The normalized spacial score (nSPS) is 20.2. The van der Waals surface area contributed by atoms with Crippen LogP contribution in [0, 0.1) is 29.6 Å². The summed E-state index contributed by atoms with van der Waals surface area (Å²) in [6.07, 6.45) is 10.7. The van der Waals surface area contributed by atoms with Gasteiger partial charge in [-0.1, -0.05) is 82.6 Å². The molecule has 0 radical (unpaired) electrons. The maximum Gasteiger partial charge on any atom is 0.0249 e. The number of rotatable bonds is 6. The van der Waals surface area contributed by atoms with Crippen LogP contribution in [-0.4, -0.2) is 0 Å². The van der Waals surface area contributed by atoms with Gasteiger partial charge in [0, 0.05) is 11.1 Å². The van der Waals surface area contributed by atoms with Crippen molar-refractivity contribution in [2.45, 2.75) is 72.1 Å². The number of benzene rings is 2. The zero-order chi connectivity index (χ0) is 19.8. The highest BCUT2D eigenvalue weighted by atomic mass is 14.3. The standard InChI is InChI=1S/C28H36/c1-4-6-24-7-9-25(10-8-24)11-12-26-13-15-27(16-14-26)21-22(3)28-19-17-23(5-2)18-20-28/h7-10,13-16,22-23,28H,4-6,17-21H2,1-3H3. The SMILES string of the molecule is CCCc1ccc(C#Cc2ccc(CC(C)C3CCC(CC)CC3)cc2)cc1. The first-order valence-electron chi connectivity index (χ1n) is 11.4.